The van der Waals surface area contributed by atoms with Gasteiger partial charge in [-0.15, -0.1) is 0 Å². The second-order valence-corrected chi connectivity index (χ2v) is 2.80. The molecular formula is C8H15NO4. The number of esters is 1. The minimum absolute atomic E-state index is 0.146. The minimum atomic E-state index is -1.01. The third-order valence-corrected chi connectivity index (χ3v) is 1.35. The summed E-state index contributed by atoms with van der Waals surface area (Å²) in [6, 6.07) is 0. The maximum atomic E-state index is 10.9. The van der Waals surface area contributed by atoms with Crippen LogP contribution >= 0.6 is 0 Å². The summed E-state index contributed by atoms with van der Waals surface area (Å²) in [4.78, 5) is 10.9. The molecule has 5 nitrogen and oxygen atoms in total. The molecule has 0 bridgehead atoms. The number of aliphatic hydroxyl groups is 2. The lowest BCUT2D eigenvalue weighted by atomic mass is 10.2. The van der Waals surface area contributed by atoms with Crippen LogP contribution in [0.1, 0.15) is 19.8 Å². The summed E-state index contributed by atoms with van der Waals surface area (Å²) in [5.41, 5.74) is 0.416. The molecule has 0 spiro atoms. The molecule has 0 aromatic rings. The first-order chi connectivity index (χ1) is 6.06. The van der Waals surface area contributed by atoms with Gasteiger partial charge < -0.3 is 20.4 Å². The minimum Gasteiger partial charge on any atom is -0.463 e. The van der Waals surface area contributed by atoms with Gasteiger partial charge >= 0.3 is 5.97 Å². The maximum Gasteiger partial charge on any atom is 0.306 e. The fourth-order valence-corrected chi connectivity index (χ4v) is 0.604. The van der Waals surface area contributed by atoms with E-state index in [0.29, 0.717) is 12.1 Å². The molecule has 0 aromatic heterocycles. The van der Waals surface area contributed by atoms with E-state index in [2.05, 4.69) is 4.74 Å². The highest BCUT2D eigenvalue weighted by molar-refractivity contribution is 5.82. The lowest BCUT2D eigenvalue weighted by molar-refractivity contribution is -0.147. The van der Waals surface area contributed by atoms with Crippen LogP contribution in [-0.4, -0.2) is 41.2 Å². The molecular weight excluding hydrogens is 174 g/mol. The molecule has 3 N–H and O–H groups in total. The average molecular weight is 189 g/mol. The second-order valence-electron chi connectivity index (χ2n) is 2.80. The molecule has 0 heterocycles. The number of carbonyl (C=O) groups excluding carboxylic acids is 1. The van der Waals surface area contributed by atoms with E-state index in [1.807, 2.05) is 0 Å². The van der Waals surface area contributed by atoms with Crippen LogP contribution in [0.4, 0.5) is 0 Å². The quantitative estimate of drug-likeness (QED) is 0.395. The van der Waals surface area contributed by atoms with Gasteiger partial charge in [0.05, 0.1) is 13.0 Å². The van der Waals surface area contributed by atoms with Crippen LogP contribution in [0, 0.1) is 5.41 Å². The van der Waals surface area contributed by atoms with Gasteiger partial charge in [-0.25, -0.2) is 0 Å². The van der Waals surface area contributed by atoms with E-state index in [1.165, 1.54) is 0 Å². The highest BCUT2D eigenvalue weighted by Gasteiger charge is 2.07. The lowest BCUT2D eigenvalue weighted by Crippen LogP contribution is -2.22. The Kier molecular flexibility index (Phi) is 6.09. The summed E-state index contributed by atoms with van der Waals surface area (Å²) in [5.74, 6) is -0.459. The average Bonchev–Trinajstić information content (AvgIpc) is 2.10. The molecule has 0 aliphatic heterocycles. The summed E-state index contributed by atoms with van der Waals surface area (Å²) >= 11 is 0. The molecule has 1 atom stereocenters. The van der Waals surface area contributed by atoms with Gasteiger partial charge in [0.2, 0.25) is 0 Å². The first kappa shape index (κ1) is 12.1. The van der Waals surface area contributed by atoms with Gasteiger partial charge in [0.25, 0.3) is 0 Å². The molecule has 0 rings (SSSR count). The molecule has 0 radical (unpaired) electrons. The van der Waals surface area contributed by atoms with Crippen molar-refractivity contribution in [2.24, 2.45) is 0 Å². The topological polar surface area (TPSA) is 90.6 Å². The third kappa shape index (κ3) is 7.42. The van der Waals surface area contributed by atoms with Crippen LogP contribution in [0.5, 0.6) is 0 Å². The summed E-state index contributed by atoms with van der Waals surface area (Å²) in [6.45, 7) is 0.999. The van der Waals surface area contributed by atoms with Gasteiger partial charge in [-0.1, -0.05) is 0 Å². The largest absolute Gasteiger partial charge is 0.463 e. The Labute approximate surface area is 76.8 Å². The van der Waals surface area contributed by atoms with Crippen LogP contribution < -0.4 is 0 Å². The molecule has 1 unspecified atom stereocenters. The molecule has 0 aromatic carbocycles. The van der Waals surface area contributed by atoms with Crippen molar-refractivity contribution in [2.75, 3.05) is 13.2 Å². The molecule has 0 amide bonds. The second kappa shape index (κ2) is 6.56. The highest BCUT2D eigenvalue weighted by Crippen LogP contribution is 1.95. The first-order valence-electron chi connectivity index (χ1n) is 4.04. The standard InChI is InChI=1S/C8H15NO4/c1-6(9)2-3-8(12)13-5-7(11)4-10/h7,9-11H,2-5H2,1H3. The maximum absolute atomic E-state index is 10.9. The van der Waals surface area contributed by atoms with Crippen molar-refractivity contribution in [3.8, 4) is 0 Å². The Hall–Kier alpha value is -0.940. The first-order valence-corrected chi connectivity index (χ1v) is 4.04. The molecule has 0 saturated heterocycles. The molecule has 76 valence electrons. The molecule has 0 aliphatic carbocycles. The van der Waals surface area contributed by atoms with E-state index in [-0.39, 0.29) is 13.0 Å². The number of hydrogen-bond donors (Lipinski definition) is 3. The van der Waals surface area contributed by atoms with Crippen LogP contribution in [0.25, 0.3) is 0 Å². The van der Waals surface area contributed by atoms with Crippen molar-refractivity contribution in [3.05, 3.63) is 0 Å². The van der Waals surface area contributed by atoms with Gasteiger partial charge in [0.1, 0.15) is 12.7 Å². The number of carbonyl (C=O) groups is 1. The molecule has 13 heavy (non-hydrogen) atoms. The van der Waals surface area contributed by atoms with Gasteiger partial charge in [0.15, 0.2) is 0 Å². The van der Waals surface area contributed by atoms with E-state index >= 15 is 0 Å². The van der Waals surface area contributed by atoms with Crippen LogP contribution in [0.3, 0.4) is 0 Å². The van der Waals surface area contributed by atoms with Gasteiger partial charge in [-0.3, -0.25) is 4.79 Å². The zero-order valence-corrected chi connectivity index (χ0v) is 7.62. The smallest absolute Gasteiger partial charge is 0.306 e. The Bertz CT molecular complexity index is 181. The van der Waals surface area contributed by atoms with E-state index < -0.39 is 18.7 Å². The zero-order chi connectivity index (χ0) is 10.3. The van der Waals surface area contributed by atoms with Crippen molar-refractivity contribution < 1.29 is 19.7 Å². The number of hydrogen-bond acceptors (Lipinski definition) is 5. The zero-order valence-electron chi connectivity index (χ0n) is 7.62. The Morgan fingerprint density at radius 2 is 2.15 bits per heavy atom. The molecule has 0 aliphatic rings. The Morgan fingerprint density at radius 3 is 2.62 bits per heavy atom. The summed E-state index contributed by atoms with van der Waals surface area (Å²) in [6.07, 6.45) is -0.494. The number of rotatable bonds is 6. The fourth-order valence-electron chi connectivity index (χ4n) is 0.604. The summed E-state index contributed by atoms with van der Waals surface area (Å²) in [5, 5.41) is 24.2. The van der Waals surface area contributed by atoms with Gasteiger partial charge in [-0.2, -0.15) is 0 Å². The van der Waals surface area contributed by atoms with E-state index in [0.717, 1.165) is 0 Å². The van der Waals surface area contributed by atoms with Gasteiger partial charge in [-0.05, 0) is 13.3 Å². The predicted octanol–water partition coefficient (Wildman–Crippen LogP) is -0.297. The van der Waals surface area contributed by atoms with Crippen LogP contribution in [0.15, 0.2) is 0 Å². The van der Waals surface area contributed by atoms with E-state index in [1.54, 1.807) is 6.92 Å². The van der Waals surface area contributed by atoms with Crippen LogP contribution in [-0.2, 0) is 9.53 Å². The molecule has 0 saturated carbocycles. The summed E-state index contributed by atoms with van der Waals surface area (Å²) in [7, 11) is 0. The van der Waals surface area contributed by atoms with Crippen LogP contribution in [0.2, 0.25) is 0 Å². The third-order valence-electron chi connectivity index (χ3n) is 1.35. The van der Waals surface area contributed by atoms with E-state index in [9.17, 15) is 4.79 Å². The monoisotopic (exact) mass is 189 g/mol. The van der Waals surface area contributed by atoms with E-state index in [4.69, 9.17) is 15.6 Å². The highest BCUT2D eigenvalue weighted by atomic mass is 16.5. The molecule has 0 fully saturated rings. The van der Waals surface area contributed by atoms with Crippen molar-refractivity contribution in [1.29, 1.82) is 5.41 Å². The lowest BCUT2D eigenvalue weighted by Gasteiger charge is -2.07. The Balaban J connectivity index is 3.46. The fraction of sp³-hybridized carbons (Fsp3) is 0.750. The number of aliphatic hydroxyl groups excluding tert-OH is 2. The summed E-state index contributed by atoms with van der Waals surface area (Å²) < 4.78 is 4.60. The van der Waals surface area contributed by atoms with Gasteiger partial charge in [0, 0.05) is 5.71 Å². The molecule has 5 heteroatoms. The number of ether oxygens (including phenoxy) is 1. The van der Waals surface area contributed by atoms with Crippen molar-refractivity contribution in [1.82, 2.24) is 0 Å². The normalized spacial score (nSPS) is 12.2. The Morgan fingerprint density at radius 1 is 1.54 bits per heavy atom. The van der Waals surface area contributed by atoms with Crippen molar-refractivity contribution in [3.63, 3.8) is 0 Å². The predicted molar refractivity (Wildman–Crippen MR) is 46.7 cm³/mol. The SMILES string of the molecule is CC(=N)CCC(=O)OCC(O)CO. The number of nitrogens with one attached hydrogen (secondary N) is 1. The van der Waals surface area contributed by atoms with Crippen molar-refractivity contribution >= 4 is 11.7 Å². The van der Waals surface area contributed by atoms with Crippen molar-refractivity contribution in [2.45, 2.75) is 25.9 Å².